The van der Waals surface area contributed by atoms with Crippen LogP contribution in [0.4, 0.5) is 10.1 Å². The van der Waals surface area contributed by atoms with Crippen LogP contribution in [0, 0.1) is 12.7 Å². The molecule has 1 saturated heterocycles. The van der Waals surface area contributed by atoms with Gasteiger partial charge in [0.25, 0.3) is 5.91 Å². The summed E-state index contributed by atoms with van der Waals surface area (Å²) in [5.41, 5.74) is 0.901. The number of hydrogen-bond donors (Lipinski definition) is 1. The predicted molar refractivity (Wildman–Crippen MR) is 111 cm³/mol. The minimum Gasteiger partial charge on any atom is -0.317 e. The molecule has 156 valence electrons. The summed E-state index contributed by atoms with van der Waals surface area (Å²) >= 11 is 1.02. The van der Waals surface area contributed by atoms with Crippen LogP contribution in [0.25, 0.3) is 0 Å². The summed E-state index contributed by atoms with van der Waals surface area (Å²) in [5, 5.41) is 10.9. The van der Waals surface area contributed by atoms with Crippen molar-refractivity contribution in [2.75, 3.05) is 11.9 Å². The normalized spacial score (nSPS) is 17.2. The first-order chi connectivity index (χ1) is 14.4. The van der Waals surface area contributed by atoms with E-state index in [9.17, 15) is 17.6 Å². The number of para-hydroxylation sites is 1. The maximum Gasteiger partial charge on any atom is 0.286 e. The van der Waals surface area contributed by atoms with Crippen LogP contribution in [0.15, 0.2) is 53.4 Å². The van der Waals surface area contributed by atoms with Crippen LogP contribution in [-0.2, 0) is 10.0 Å². The van der Waals surface area contributed by atoms with Crippen LogP contribution in [0.1, 0.15) is 39.3 Å². The molecular weight excluding hydrogens is 427 g/mol. The Bertz CT molecular complexity index is 1200. The highest BCUT2D eigenvalue weighted by Gasteiger charge is 2.38. The van der Waals surface area contributed by atoms with E-state index in [1.807, 2.05) is 13.0 Å². The molecule has 3 aromatic rings. The summed E-state index contributed by atoms with van der Waals surface area (Å²) in [7, 11) is -3.70. The fourth-order valence-corrected chi connectivity index (χ4v) is 6.10. The number of nitrogens with zero attached hydrogens (tertiary/aromatic N) is 3. The number of halogens is 1. The molecule has 0 bridgehead atoms. The van der Waals surface area contributed by atoms with Gasteiger partial charge in [-0.2, -0.15) is 4.31 Å². The van der Waals surface area contributed by atoms with Crippen molar-refractivity contribution in [3.63, 3.8) is 0 Å². The molecule has 0 saturated carbocycles. The van der Waals surface area contributed by atoms with Crippen molar-refractivity contribution in [1.29, 1.82) is 0 Å². The third-order valence-electron chi connectivity index (χ3n) is 4.84. The maximum atomic E-state index is 13.8. The summed E-state index contributed by atoms with van der Waals surface area (Å²) in [6.07, 6.45) is 1.28. The zero-order chi connectivity index (χ0) is 21.3. The molecule has 0 spiro atoms. The molecular formula is C20H19FN4O3S2. The lowest BCUT2D eigenvalue weighted by Gasteiger charge is -2.22. The van der Waals surface area contributed by atoms with Gasteiger partial charge in [-0.05, 0) is 49.6 Å². The first-order valence-corrected chi connectivity index (χ1v) is 11.6. The Morgan fingerprint density at radius 2 is 2.00 bits per heavy atom. The lowest BCUT2D eigenvalue weighted by Crippen LogP contribution is -2.30. The second-order valence-electron chi connectivity index (χ2n) is 6.97. The van der Waals surface area contributed by atoms with E-state index in [4.69, 9.17) is 0 Å². The number of anilines is 1. The van der Waals surface area contributed by atoms with E-state index in [-0.39, 0.29) is 15.6 Å². The number of sulfonamides is 1. The molecule has 30 heavy (non-hydrogen) atoms. The van der Waals surface area contributed by atoms with Gasteiger partial charge in [-0.3, -0.25) is 4.79 Å². The number of rotatable bonds is 5. The predicted octanol–water partition coefficient (Wildman–Crippen LogP) is 3.76. The molecule has 10 heteroatoms. The van der Waals surface area contributed by atoms with Crippen molar-refractivity contribution in [2.45, 2.75) is 30.7 Å². The summed E-state index contributed by atoms with van der Waals surface area (Å²) in [5.74, 6) is -1.14. The third kappa shape index (κ3) is 3.98. The highest BCUT2D eigenvalue weighted by atomic mass is 32.2. The summed E-state index contributed by atoms with van der Waals surface area (Å²) in [6, 6.07) is 12.1. The van der Waals surface area contributed by atoms with Crippen molar-refractivity contribution in [3.05, 3.63) is 69.9 Å². The van der Waals surface area contributed by atoms with Gasteiger partial charge in [0.1, 0.15) is 10.8 Å². The summed E-state index contributed by atoms with van der Waals surface area (Å²) < 4.78 is 41.5. The Morgan fingerprint density at radius 3 is 2.77 bits per heavy atom. The average Bonchev–Trinajstić information content (AvgIpc) is 3.39. The molecule has 1 N–H and O–H groups in total. The van der Waals surface area contributed by atoms with Gasteiger partial charge in [-0.15, -0.1) is 10.2 Å². The molecule has 7 nitrogen and oxygen atoms in total. The van der Waals surface area contributed by atoms with Crippen LogP contribution in [0.5, 0.6) is 0 Å². The monoisotopic (exact) mass is 446 g/mol. The zero-order valence-electron chi connectivity index (χ0n) is 16.1. The van der Waals surface area contributed by atoms with Crippen LogP contribution < -0.4 is 5.32 Å². The number of carbonyl (C=O) groups is 1. The Balaban J connectivity index is 1.56. The zero-order valence-corrected chi connectivity index (χ0v) is 17.7. The van der Waals surface area contributed by atoms with Crippen LogP contribution >= 0.6 is 11.3 Å². The van der Waals surface area contributed by atoms with E-state index in [1.165, 1.54) is 22.5 Å². The number of benzene rings is 2. The van der Waals surface area contributed by atoms with Crippen molar-refractivity contribution in [1.82, 2.24) is 14.5 Å². The SMILES string of the molecule is Cc1cccc(S(=O)(=O)N2CCC[C@@H]2c2nnc(C(=O)Nc3ccccc3F)s2)c1. The highest BCUT2D eigenvalue weighted by Crippen LogP contribution is 2.37. The quantitative estimate of drug-likeness (QED) is 0.644. The second kappa shape index (κ2) is 8.21. The Hall–Kier alpha value is -2.69. The van der Waals surface area contributed by atoms with E-state index in [2.05, 4.69) is 15.5 Å². The number of amides is 1. The average molecular weight is 447 g/mol. The minimum absolute atomic E-state index is 0.0452. The minimum atomic E-state index is -3.70. The van der Waals surface area contributed by atoms with Crippen LogP contribution in [0.3, 0.4) is 0 Å². The fourth-order valence-electron chi connectivity index (χ4n) is 3.39. The molecule has 4 rings (SSSR count). The van der Waals surface area contributed by atoms with Crippen molar-refractivity contribution in [3.8, 4) is 0 Å². The van der Waals surface area contributed by atoms with Gasteiger partial charge in [-0.25, -0.2) is 12.8 Å². The molecule has 1 fully saturated rings. The van der Waals surface area contributed by atoms with Gasteiger partial charge in [0, 0.05) is 6.54 Å². The Kier molecular flexibility index (Phi) is 5.63. The van der Waals surface area contributed by atoms with Gasteiger partial charge >= 0.3 is 0 Å². The molecule has 2 aromatic carbocycles. The Labute approximate surface area is 177 Å². The van der Waals surface area contributed by atoms with E-state index in [0.717, 1.165) is 16.9 Å². The van der Waals surface area contributed by atoms with Crippen molar-refractivity contribution in [2.24, 2.45) is 0 Å². The van der Waals surface area contributed by atoms with Gasteiger partial charge < -0.3 is 5.32 Å². The molecule has 0 aliphatic carbocycles. The third-order valence-corrected chi connectivity index (χ3v) is 7.77. The number of hydrogen-bond acceptors (Lipinski definition) is 6. The lowest BCUT2D eigenvalue weighted by molar-refractivity contribution is 0.102. The molecule has 1 aromatic heterocycles. The number of carbonyl (C=O) groups excluding carboxylic acids is 1. The topological polar surface area (TPSA) is 92.3 Å². The van der Waals surface area contributed by atoms with E-state index >= 15 is 0 Å². The first kappa shape index (κ1) is 20.6. The number of aromatic nitrogens is 2. The number of nitrogens with one attached hydrogen (secondary N) is 1. The first-order valence-electron chi connectivity index (χ1n) is 9.34. The van der Waals surface area contributed by atoms with Crippen molar-refractivity contribution >= 4 is 33.0 Å². The molecule has 0 unspecified atom stereocenters. The molecule has 1 atom stereocenters. The molecule has 1 aliphatic heterocycles. The maximum absolute atomic E-state index is 13.8. The largest absolute Gasteiger partial charge is 0.317 e. The molecule has 1 aliphatic rings. The summed E-state index contributed by atoms with van der Waals surface area (Å²) in [4.78, 5) is 12.7. The molecule has 2 heterocycles. The second-order valence-corrected chi connectivity index (χ2v) is 9.87. The van der Waals surface area contributed by atoms with E-state index < -0.39 is 27.8 Å². The summed E-state index contributed by atoms with van der Waals surface area (Å²) in [6.45, 7) is 2.21. The smallest absolute Gasteiger partial charge is 0.286 e. The van der Waals surface area contributed by atoms with E-state index in [0.29, 0.717) is 24.4 Å². The number of aryl methyl sites for hydroxylation is 1. The highest BCUT2D eigenvalue weighted by molar-refractivity contribution is 7.89. The Morgan fingerprint density at radius 1 is 1.20 bits per heavy atom. The molecule has 1 amide bonds. The fraction of sp³-hybridized carbons (Fsp3) is 0.250. The van der Waals surface area contributed by atoms with Gasteiger partial charge in [0.2, 0.25) is 15.0 Å². The standard InChI is InChI=1S/C20H19FN4O3S2/c1-13-6-4-7-14(12-13)30(27,28)25-11-5-10-17(25)19-23-24-20(29-19)18(26)22-16-9-3-2-8-15(16)21/h2-4,6-9,12,17H,5,10-11H2,1H3,(H,22,26)/t17-/m1/s1. The lowest BCUT2D eigenvalue weighted by atomic mass is 10.2. The van der Waals surface area contributed by atoms with Gasteiger partial charge in [0.15, 0.2) is 0 Å². The van der Waals surface area contributed by atoms with Gasteiger partial charge in [-0.1, -0.05) is 35.6 Å². The van der Waals surface area contributed by atoms with E-state index in [1.54, 1.807) is 24.3 Å². The van der Waals surface area contributed by atoms with Gasteiger partial charge in [0.05, 0.1) is 16.6 Å². The molecule has 0 radical (unpaired) electrons. The van der Waals surface area contributed by atoms with Crippen LogP contribution in [-0.4, -0.2) is 35.4 Å². The van der Waals surface area contributed by atoms with Crippen LogP contribution in [0.2, 0.25) is 0 Å². The van der Waals surface area contributed by atoms with Crippen molar-refractivity contribution < 1.29 is 17.6 Å².